The van der Waals surface area contributed by atoms with Crippen LogP contribution in [0.5, 0.6) is 0 Å². The van der Waals surface area contributed by atoms with E-state index < -0.39 is 0 Å². The van der Waals surface area contributed by atoms with Crippen LogP contribution in [0.2, 0.25) is 0 Å². The Balaban J connectivity index is 1.66. The van der Waals surface area contributed by atoms with Crippen LogP contribution in [0.15, 0.2) is 41.7 Å². The van der Waals surface area contributed by atoms with Gasteiger partial charge in [0.15, 0.2) is 0 Å². The second-order valence-corrected chi connectivity index (χ2v) is 6.00. The summed E-state index contributed by atoms with van der Waals surface area (Å²) in [5.41, 5.74) is 1.73. The van der Waals surface area contributed by atoms with Crippen molar-refractivity contribution in [2.24, 2.45) is 5.16 Å². The fourth-order valence-electron chi connectivity index (χ4n) is 2.65. The number of carbonyl (C=O) groups excluding carboxylic acids is 2. The molecule has 0 bridgehead atoms. The number of unbranched alkanes of at least 4 members (excludes halogenated alkanes) is 3. The molecule has 0 spiro atoms. The highest BCUT2D eigenvalue weighted by Gasteiger charge is 2.09. The average molecular weight is 356 g/mol. The van der Waals surface area contributed by atoms with Crippen LogP contribution < -0.4 is 10.6 Å². The molecule has 0 atom stereocenters. The Labute approximate surface area is 152 Å². The van der Waals surface area contributed by atoms with Gasteiger partial charge >= 0.3 is 0 Å². The van der Waals surface area contributed by atoms with Crippen molar-refractivity contribution in [2.45, 2.75) is 38.5 Å². The van der Waals surface area contributed by atoms with Gasteiger partial charge in [-0.1, -0.05) is 36.2 Å². The zero-order chi connectivity index (χ0) is 18.8. The first-order chi connectivity index (χ1) is 12.6. The predicted molar refractivity (Wildman–Crippen MR) is 101 cm³/mol. The molecule has 0 fully saturated rings. The monoisotopic (exact) mass is 356 g/mol. The maximum Gasteiger partial charge on any atom is 0.268 e. The maximum atomic E-state index is 12.0. The number of fused-ring (bicyclic) bond motifs is 1. The third-order valence-corrected chi connectivity index (χ3v) is 4.05. The molecule has 138 valence electrons. The van der Waals surface area contributed by atoms with Gasteiger partial charge in [0.25, 0.3) is 5.91 Å². The quantitative estimate of drug-likeness (QED) is 0.278. The van der Waals surface area contributed by atoms with Crippen molar-refractivity contribution in [1.82, 2.24) is 10.3 Å². The van der Waals surface area contributed by atoms with Gasteiger partial charge in [-0.25, -0.2) is 0 Å². The van der Waals surface area contributed by atoms with E-state index in [1.54, 1.807) is 6.20 Å². The second kappa shape index (κ2) is 10.1. The van der Waals surface area contributed by atoms with Crippen LogP contribution in [-0.2, 0) is 9.59 Å². The van der Waals surface area contributed by atoms with Gasteiger partial charge in [-0.3, -0.25) is 14.6 Å². The number of anilines is 1. The summed E-state index contributed by atoms with van der Waals surface area (Å²) >= 11 is 0. The molecule has 0 unspecified atom stereocenters. The number of nitrogens with one attached hydrogen (secondary N) is 2. The lowest BCUT2D eigenvalue weighted by atomic mass is 10.1. The van der Waals surface area contributed by atoms with Crippen LogP contribution in [0.25, 0.3) is 10.9 Å². The summed E-state index contributed by atoms with van der Waals surface area (Å²) < 4.78 is 0. The number of aromatic nitrogens is 1. The van der Waals surface area contributed by atoms with Crippen molar-refractivity contribution in [1.29, 1.82) is 0 Å². The minimum Gasteiger partial charge on any atom is -0.410 e. The van der Waals surface area contributed by atoms with Crippen LogP contribution in [-0.4, -0.2) is 34.8 Å². The zero-order valence-corrected chi connectivity index (χ0v) is 14.9. The minimum absolute atomic E-state index is 0.0370. The first-order valence-electron chi connectivity index (χ1n) is 8.71. The Bertz CT molecular complexity index is 789. The van der Waals surface area contributed by atoms with Crippen LogP contribution in [0.4, 0.5) is 5.69 Å². The minimum atomic E-state index is -0.365. The topological polar surface area (TPSA) is 104 Å². The van der Waals surface area contributed by atoms with Gasteiger partial charge in [0.1, 0.15) is 5.71 Å². The van der Waals surface area contributed by atoms with E-state index >= 15 is 0 Å². The fourth-order valence-corrected chi connectivity index (χ4v) is 2.65. The molecule has 0 saturated carbocycles. The molecule has 0 saturated heterocycles. The molecule has 2 rings (SSSR count). The molecule has 26 heavy (non-hydrogen) atoms. The van der Waals surface area contributed by atoms with Gasteiger partial charge in [-0.2, -0.15) is 0 Å². The maximum absolute atomic E-state index is 12.0. The highest BCUT2D eigenvalue weighted by molar-refractivity contribution is 6.38. The number of rotatable bonds is 9. The van der Waals surface area contributed by atoms with Gasteiger partial charge in [0.05, 0.1) is 17.4 Å². The first kappa shape index (κ1) is 19.4. The largest absolute Gasteiger partial charge is 0.410 e. The zero-order valence-electron chi connectivity index (χ0n) is 14.9. The molecule has 7 heteroatoms. The predicted octanol–water partition coefficient (Wildman–Crippen LogP) is 3.09. The van der Waals surface area contributed by atoms with Crippen LogP contribution in [0.1, 0.15) is 38.5 Å². The number of hydrogen-bond acceptors (Lipinski definition) is 5. The molecule has 2 amide bonds. The van der Waals surface area contributed by atoms with Crippen molar-refractivity contribution >= 4 is 34.1 Å². The number of carbonyl (C=O) groups is 2. The van der Waals surface area contributed by atoms with Crippen LogP contribution in [0, 0.1) is 0 Å². The highest BCUT2D eigenvalue weighted by Crippen LogP contribution is 2.16. The van der Waals surface area contributed by atoms with Crippen molar-refractivity contribution in [3.8, 4) is 0 Å². The van der Waals surface area contributed by atoms with E-state index in [9.17, 15) is 9.59 Å². The summed E-state index contributed by atoms with van der Waals surface area (Å²) in [6.45, 7) is 0. The lowest BCUT2D eigenvalue weighted by molar-refractivity contribution is -0.116. The summed E-state index contributed by atoms with van der Waals surface area (Å²) in [6, 6.07) is 9.66. The van der Waals surface area contributed by atoms with E-state index in [1.165, 1.54) is 7.05 Å². The molecule has 0 radical (unpaired) electrons. The molecule has 1 heterocycles. The van der Waals surface area contributed by atoms with Gasteiger partial charge in [0.2, 0.25) is 5.91 Å². The normalized spacial score (nSPS) is 11.3. The molecule has 7 nitrogen and oxygen atoms in total. The molecule has 3 N–H and O–H groups in total. The van der Waals surface area contributed by atoms with E-state index in [1.807, 2.05) is 30.3 Å². The van der Waals surface area contributed by atoms with E-state index in [-0.39, 0.29) is 17.5 Å². The lowest BCUT2D eigenvalue weighted by Gasteiger charge is -2.06. The lowest BCUT2D eigenvalue weighted by Crippen LogP contribution is -2.27. The SMILES string of the molecule is CNC(=O)/C(CCCCCCC(=O)Nc1cnc2ccccc2c1)=N\O. The second-order valence-electron chi connectivity index (χ2n) is 6.00. The highest BCUT2D eigenvalue weighted by atomic mass is 16.4. The summed E-state index contributed by atoms with van der Waals surface area (Å²) in [5.74, 6) is -0.402. The summed E-state index contributed by atoms with van der Waals surface area (Å²) in [6.07, 6.45) is 5.75. The Morgan fingerprint density at radius 1 is 1.12 bits per heavy atom. The average Bonchev–Trinajstić information content (AvgIpc) is 2.66. The van der Waals surface area contributed by atoms with Gasteiger partial charge in [0, 0.05) is 18.9 Å². The number of para-hydroxylation sites is 1. The number of benzene rings is 1. The van der Waals surface area contributed by atoms with Crippen molar-refractivity contribution < 1.29 is 14.8 Å². The first-order valence-corrected chi connectivity index (χ1v) is 8.71. The van der Waals surface area contributed by atoms with Crippen LogP contribution in [0.3, 0.4) is 0 Å². The molecule has 0 aliphatic heterocycles. The number of oxime groups is 1. The Kier molecular flexibility index (Phi) is 7.54. The van der Waals surface area contributed by atoms with Crippen molar-refractivity contribution in [2.75, 3.05) is 12.4 Å². The molecule has 2 aromatic rings. The Morgan fingerprint density at radius 3 is 2.58 bits per heavy atom. The Morgan fingerprint density at radius 2 is 1.85 bits per heavy atom. The van der Waals surface area contributed by atoms with Crippen molar-refractivity contribution in [3.63, 3.8) is 0 Å². The summed E-state index contributed by atoms with van der Waals surface area (Å²) in [5, 5.41) is 18.1. The number of amides is 2. The van der Waals surface area contributed by atoms with E-state index in [2.05, 4.69) is 20.8 Å². The van der Waals surface area contributed by atoms with E-state index in [4.69, 9.17) is 5.21 Å². The molecule has 0 aliphatic carbocycles. The third kappa shape index (κ3) is 5.84. The molecule has 1 aromatic heterocycles. The van der Waals surface area contributed by atoms with E-state index in [0.717, 1.165) is 36.6 Å². The Hall–Kier alpha value is -2.96. The smallest absolute Gasteiger partial charge is 0.268 e. The van der Waals surface area contributed by atoms with Crippen molar-refractivity contribution in [3.05, 3.63) is 36.5 Å². The standard InChI is InChI=1S/C19H24N4O3/c1-20-19(25)17(23-26)10-4-2-3-5-11-18(24)22-15-12-14-8-6-7-9-16(14)21-13-15/h6-9,12-13,26H,2-5,10-11H2,1H3,(H,20,25)(H,22,24)/b23-17-. The molecular weight excluding hydrogens is 332 g/mol. The van der Waals surface area contributed by atoms with Gasteiger partial charge in [-0.15, -0.1) is 0 Å². The fraction of sp³-hybridized carbons (Fsp3) is 0.368. The summed E-state index contributed by atoms with van der Waals surface area (Å²) in [4.78, 5) is 27.7. The van der Waals surface area contributed by atoms with Gasteiger partial charge in [-0.05, 0) is 31.4 Å². The molecule has 1 aromatic carbocycles. The number of nitrogens with zero attached hydrogens (tertiary/aromatic N) is 2. The third-order valence-electron chi connectivity index (χ3n) is 4.05. The molecule has 0 aliphatic rings. The number of hydrogen-bond donors (Lipinski definition) is 3. The summed E-state index contributed by atoms with van der Waals surface area (Å²) in [7, 11) is 1.50. The van der Waals surface area contributed by atoms with E-state index in [0.29, 0.717) is 18.5 Å². The number of pyridine rings is 1. The molecular formula is C19H24N4O3. The van der Waals surface area contributed by atoms with Crippen LogP contribution >= 0.6 is 0 Å². The van der Waals surface area contributed by atoms with Gasteiger partial charge < -0.3 is 15.8 Å².